The minimum atomic E-state index is 0.196. The molecule has 1 aliphatic heterocycles. The highest BCUT2D eigenvalue weighted by Gasteiger charge is 2.38. The van der Waals surface area contributed by atoms with E-state index in [2.05, 4.69) is 25.7 Å². The Morgan fingerprint density at radius 2 is 2.07 bits per heavy atom. The summed E-state index contributed by atoms with van der Waals surface area (Å²) >= 11 is 0. The molecule has 0 saturated carbocycles. The van der Waals surface area contributed by atoms with Gasteiger partial charge in [-0.1, -0.05) is 13.8 Å². The molecule has 1 aliphatic rings. The Bertz CT molecular complexity index is 171. The van der Waals surface area contributed by atoms with Gasteiger partial charge in [-0.15, -0.1) is 0 Å². The van der Waals surface area contributed by atoms with Crippen LogP contribution >= 0.6 is 0 Å². The zero-order valence-electron chi connectivity index (χ0n) is 9.75. The maximum absolute atomic E-state index is 5.96. The highest BCUT2D eigenvalue weighted by molar-refractivity contribution is 4.94. The molecular weight excluding hydrogens is 176 g/mol. The van der Waals surface area contributed by atoms with E-state index in [1.54, 1.807) is 0 Å². The molecule has 0 amide bonds. The van der Waals surface area contributed by atoms with Crippen LogP contribution in [0.5, 0.6) is 0 Å². The summed E-state index contributed by atoms with van der Waals surface area (Å²) in [6, 6.07) is 0. The van der Waals surface area contributed by atoms with Crippen LogP contribution in [-0.2, 0) is 4.74 Å². The highest BCUT2D eigenvalue weighted by Crippen LogP contribution is 2.29. The predicted molar refractivity (Wildman–Crippen MR) is 59.4 cm³/mol. The number of likely N-dealkylation sites (N-methyl/N-ethyl adjacent to an activating group) is 1. The van der Waals surface area contributed by atoms with Crippen molar-refractivity contribution in [2.75, 3.05) is 26.2 Å². The molecule has 1 saturated heterocycles. The summed E-state index contributed by atoms with van der Waals surface area (Å²) in [7, 11) is 0. The largest absolute Gasteiger partial charge is 0.378 e. The Hall–Kier alpha value is -0.120. The third kappa shape index (κ3) is 2.27. The molecule has 14 heavy (non-hydrogen) atoms. The summed E-state index contributed by atoms with van der Waals surface area (Å²) in [5.74, 6) is 0. The smallest absolute Gasteiger partial charge is 0.0565 e. The SMILES string of the molecule is CCN(CC)C1(CN)CCOC(C)C1. The van der Waals surface area contributed by atoms with Crippen LogP contribution in [0.25, 0.3) is 0 Å². The quantitative estimate of drug-likeness (QED) is 0.741. The molecule has 84 valence electrons. The van der Waals surface area contributed by atoms with Gasteiger partial charge in [0.2, 0.25) is 0 Å². The minimum absolute atomic E-state index is 0.196. The number of nitrogens with zero attached hydrogens (tertiary/aromatic N) is 1. The summed E-state index contributed by atoms with van der Waals surface area (Å²) in [6.45, 7) is 10.3. The lowest BCUT2D eigenvalue weighted by Crippen LogP contribution is -2.58. The Balaban J connectivity index is 2.72. The first kappa shape index (κ1) is 12.0. The highest BCUT2D eigenvalue weighted by atomic mass is 16.5. The van der Waals surface area contributed by atoms with Gasteiger partial charge in [0.05, 0.1) is 6.10 Å². The van der Waals surface area contributed by atoms with Crippen molar-refractivity contribution >= 4 is 0 Å². The van der Waals surface area contributed by atoms with E-state index in [0.717, 1.165) is 39.1 Å². The molecule has 0 bridgehead atoms. The van der Waals surface area contributed by atoms with E-state index in [0.29, 0.717) is 6.10 Å². The van der Waals surface area contributed by atoms with Gasteiger partial charge >= 0.3 is 0 Å². The van der Waals surface area contributed by atoms with Gasteiger partial charge in [0, 0.05) is 18.7 Å². The molecule has 0 spiro atoms. The predicted octanol–water partition coefficient (Wildman–Crippen LogP) is 1.22. The van der Waals surface area contributed by atoms with Crippen LogP contribution in [-0.4, -0.2) is 42.8 Å². The second-order valence-electron chi connectivity index (χ2n) is 4.24. The van der Waals surface area contributed by atoms with E-state index in [1.807, 2.05) is 0 Å². The molecule has 0 aliphatic carbocycles. The van der Waals surface area contributed by atoms with Crippen LogP contribution < -0.4 is 5.73 Å². The van der Waals surface area contributed by atoms with Crippen molar-refractivity contribution in [3.05, 3.63) is 0 Å². The number of hydrogen-bond acceptors (Lipinski definition) is 3. The van der Waals surface area contributed by atoms with Gasteiger partial charge in [-0.3, -0.25) is 4.90 Å². The molecule has 1 rings (SSSR count). The van der Waals surface area contributed by atoms with Gasteiger partial charge in [-0.25, -0.2) is 0 Å². The van der Waals surface area contributed by atoms with Gasteiger partial charge in [-0.2, -0.15) is 0 Å². The maximum atomic E-state index is 5.96. The fourth-order valence-electron chi connectivity index (χ4n) is 2.64. The van der Waals surface area contributed by atoms with E-state index >= 15 is 0 Å². The molecule has 0 radical (unpaired) electrons. The normalized spacial score (nSPS) is 33.6. The zero-order valence-corrected chi connectivity index (χ0v) is 9.75. The zero-order chi connectivity index (χ0) is 10.6. The summed E-state index contributed by atoms with van der Waals surface area (Å²) in [4.78, 5) is 2.49. The summed E-state index contributed by atoms with van der Waals surface area (Å²) < 4.78 is 5.59. The van der Waals surface area contributed by atoms with E-state index in [1.165, 1.54) is 0 Å². The Labute approximate surface area is 87.6 Å². The molecule has 3 nitrogen and oxygen atoms in total. The molecule has 1 heterocycles. The van der Waals surface area contributed by atoms with Gasteiger partial charge in [0.25, 0.3) is 0 Å². The molecule has 0 aromatic heterocycles. The van der Waals surface area contributed by atoms with Crippen molar-refractivity contribution in [3.8, 4) is 0 Å². The average Bonchev–Trinajstić information content (AvgIpc) is 2.19. The minimum Gasteiger partial charge on any atom is -0.378 e. The van der Waals surface area contributed by atoms with Crippen LogP contribution in [0.4, 0.5) is 0 Å². The molecule has 2 atom stereocenters. The molecule has 1 fully saturated rings. The molecular formula is C11H24N2O. The Kier molecular flexibility index (Phi) is 4.35. The van der Waals surface area contributed by atoms with Gasteiger partial charge in [0.1, 0.15) is 0 Å². The van der Waals surface area contributed by atoms with Crippen LogP contribution in [0.2, 0.25) is 0 Å². The first-order valence-electron chi connectivity index (χ1n) is 5.75. The van der Waals surface area contributed by atoms with Gasteiger partial charge in [0.15, 0.2) is 0 Å². The number of nitrogens with two attached hydrogens (primary N) is 1. The molecule has 0 aromatic rings. The lowest BCUT2D eigenvalue weighted by Gasteiger charge is -2.47. The van der Waals surface area contributed by atoms with E-state index in [-0.39, 0.29) is 5.54 Å². The van der Waals surface area contributed by atoms with Crippen LogP contribution in [0.3, 0.4) is 0 Å². The van der Waals surface area contributed by atoms with E-state index in [4.69, 9.17) is 10.5 Å². The Morgan fingerprint density at radius 1 is 1.43 bits per heavy atom. The third-order valence-corrected chi connectivity index (χ3v) is 3.45. The molecule has 2 N–H and O–H groups in total. The molecule has 2 unspecified atom stereocenters. The fraction of sp³-hybridized carbons (Fsp3) is 1.00. The fourth-order valence-corrected chi connectivity index (χ4v) is 2.64. The number of ether oxygens (including phenoxy) is 1. The van der Waals surface area contributed by atoms with Crippen LogP contribution in [0.1, 0.15) is 33.6 Å². The first-order chi connectivity index (χ1) is 6.68. The monoisotopic (exact) mass is 200 g/mol. The summed E-state index contributed by atoms with van der Waals surface area (Å²) in [6.07, 6.45) is 2.51. The van der Waals surface area contributed by atoms with Gasteiger partial charge < -0.3 is 10.5 Å². The van der Waals surface area contributed by atoms with Crippen molar-refractivity contribution in [1.82, 2.24) is 4.90 Å². The lowest BCUT2D eigenvalue weighted by molar-refractivity contribution is -0.0608. The first-order valence-corrected chi connectivity index (χ1v) is 5.75. The number of rotatable bonds is 4. The van der Waals surface area contributed by atoms with Gasteiger partial charge in [-0.05, 0) is 32.9 Å². The van der Waals surface area contributed by atoms with Crippen LogP contribution in [0, 0.1) is 0 Å². The average molecular weight is 200 g/mol. The lowest BCUT2D eigenvalue weighted by atomic mass is 9.85. The summed E-state index contributed by atoms with van der Waals surface area (Å²) in [5, 5.41) is 0. The number of hydrogen-bond donors (Lipinski definition) is 1. The maximum Gasteiger partial charge on any atom is 0.0565 e. The molecule has 3 heteroatoms. The standard InChI is InChI=1S/C11H24N2O/c1-4-13(5-2)11(9-12)6-7-14-10(3)8-11/h10H,4-9,12H2,1-3H3. The second-order valence-corrected chi connectivity index (χ2v) is 4.24. The van der Waals surface area contributed by atoms with Crippen molar-refractivity contribution in [2.24, 2.45) is 5.73 Å². The van der Waals surface area contributed by atoms with Crippen LogP contribution in [0.15, 0.2) is 0 Å². The molecule has 0 aromatic carbocycles. The third-order valence-electron chi connectivity index (χ3n) is 3.45. The van der Waals surface area contributed by atoms with Crippen molar-refractivity contribution < 1.29 is 4.74 Å². The Morgan fingerprint density at radius 3 is 2.50 bits per heavy atom. The van der Waals surface area contributed by atoms with Crippen molar-refractivity contribution in [1.29, 1.82) is 0 Å². The summed E-state index contributed by atoms with van der Waals surface area (Å²) in [5.41, 5.74) is 6.15. The van der Waals surface area contributed by atoms with E-state index < -0.39 is 0 Å². The van der Waals surface area contributed by atoms with E-state index in [9.17, 15) is 0 Å². The second kappa shape index (κ2) is 5.10. The topological polar surface area (TPSA) is 38.5 Å². The van der Waals surface area contributed by atoms with Crippen molar-refractivity contribution in [3.63, 3.8) is 0 Å². The van der Waals surface area contributed by atoms with Crippen molar-refractivity contribution in [2.45, 2.75) is 45.3 Å².